The van der Waals surface area contributed by atoms with Gasteiger partial charge in [-0.2, -0.15) is 0 Å². The molecule has 2 aromatic heterocycles. The maximum absolute atomic E-state index is 11.8. The largest absolute Gasteiger partial charge is 0.436 e. The Morgan fingerprint density at radius 3 is 2.53 bits per heavy atom. The van der Waals surface area contributed by atoms with Crippen molar-refractivity contribution in [3.05, 3.63) is 70.2 Å². The van der Waals surface area contributed by atoms with E-state index in [4.69, 9.17) is 42.8 Å². The Labute approximate surface area is 234 Å². The highest BCUT2D eigenvalue weighted by Gasteiger charge is 2.38. The van der Waals surface area contributed by atoms with E-state index in [1.54, 1.807) is 24.7 Å². The number of carbonyl (C=O) groups is 1. The van der Waals surface area contributed by atoms with Gasteiger partial charge in [-0.1, -0.05) is 56.1 Å². The molecule has 2 N–H and O–H groups in total. The summed E-state index contributed by atoms with van der Waals surface area (Å²) in [5, 5.41) is 1.01. The first-order valence-corrected chi connectivity index (χ1v) is 16.3. The van der Waals surface area contributed by atoms with E-state index in [-0.39, 0.29) is 22.9 Å². The maximum Gasteiger partial charge on any atom is 0.268 e. The van der Waals surface area contributed by atoms with E-state index >= 15 is 0 Å². The van der Waals surface area contributed by atoms with E-state index in [0.717, 1.165) is 29.5 Å². The molecule has 7 nitrogen and oxygen atoms in total. The van der Waals surface area contributed by atoms with Crippen LogP contribution in [0.1, 0.15) is 62.6 Å². The van der Waals surface area contributed by atoms with Crippen LogP contribution in [0, 0.1) is 0 Å². The number of benzene rings is 2. The number of hydrogen-bond acceptors (Lipinski definition) is 5. The molecule has 1 amide bonds. The quantitative estimate of drug-likeness (QED) is 0.206. The van der Waals surface area contributed by atoms with Crippen molar-refractivity contribution in [2.24, 2.45) is 5.73 Å². The summed E-state index contributed by atoms with van der Waals surface area (Å²) in [6.07, 6.45) is 4.92. The second-order valence-electron chi connectivity index (χ2n) is 11.2. The van der Waals surface area contributed by atoms with Crippen molar-refractivity contribution in [2.45, 2.75) is 70.8 Å². The molecule has 0 aliphatic rings. The number of para-hydroxylation sites is 1. The van der Waals surface area contributed by atoms with Crippen LogP contribution in [0.15, 0.2) is 53.3 Å². The summed E-state index contributed by atoms with van der Waals surface area (Å²) < 4.78 is 14.7. The van der Waals surface area contributed by atoms with Gasteiger partial charge < -0.3 is 19.1 Å². The standard InChI is InChI=1S/C28H34Cl2N4O3Si/c1-17(37-38(5,6)28(2,3)4)10-13-23(34-15-22(26(31)35)32-16-34)19-8-7-9-24-25(19)33-27(36-24)18-11-12-20(29)21(30)14-18/h7-9,11-12,14-17,23H,10,13H2,1-6H3,(H2,31,35)/t17-,23?/m0/s1. The zero-order valence-corrected chi connectivity index (χ0v) is 25.1. The maximum atomic E-state index is 11.8. The van der Waals surface area contributed by atoms with E-state index in [0.29, 0.717) is 21.5 Å². The number of halogens is 2. The van der Waals surface area contributed by atoms with Crippen LogP contribution in [0.25, 0.3) is 22.6 Å². The second kappa shape index (κ2) is 10.8. The monoisotopic (exact) mass is 572 g/mol. The number of imidazole rings is 1. The normalized spacial score (nSPS) is 14.1. The highest BCUT2D eigenvalue weighted by Crippen LogP contribution is 2.39. The van der Waals surface area contributed by atoms with Crippen LogP contribution in [0.3, 0.4) is 0 Å². The third-order valence-corrected chi connectivity index (χ3v) is 12.7. The van der Waals surface area contributed by atoms with Crippen molar-refractivity contribution >= 4 is 48.5 Å². The van der Waals surface area contributed by atoms with Crippen LogP contribution in [0.2, 0.25) is 28.2 Å². The van der Waals surface area contributed by atoms with Crippen molar-refractivity contribution in [3.8, 4) is 11.5 Å². The fraction of sp³-hybridized carbons (Fsp3) is 0.393. The fourth-order valence-corrected chi connectivity index (χ4v) is 6.00. The Morgan fingerprint density at radius 1 is 1.16 bits per heavy atom. The number of rotatable bonds is 9. The summed E-state index contributed by atoms with van der Waals surface area (Å²) >= 11 is 12.3. The van der Waals surface area contributed by atoms with Gasteiger partial charge in [0.1, 0.15) is 11.2 Å². The van der Waals surface area contributed by atoms with E-state index < -0.39 is 14.2 Å². The summed E-state index contributed by atoms with van der Waals surface area (Å²) in [4.78, 5) is 20.9. The molecule has 4 aromatic rings. The van der Waals surface area contributed by atoms with Crippen LogP contribution < -0.4 is 5.73 Å². The molecule has 202 valence electrons. The molecular formula is C28H34Cl2N4O3Si. The topological polar surface area (TPSA) is 96.2 Å². The molecule has 0 saturated heterocycles. The molecule has 2 heterocycles. The molecule has 0 radical (unpaired) electrons. The molecule has 0 aliphatic heterocycles. The minimum Gasteiger partial charge on any atom is -0.436 e. The number of oxazole rings is 1. The molecule has 2 aromatic carbocycles. The Bertz CT molecular complexity index is 1460. The number of nitrogens with zero attached hydrogens (tertiary/aromatic N) is 3. The lowest BCUT2D eigenvalue weighted by atomic mass is 9.99. The third-order valence-electron chi connectivity index (χ3n) is 7.34. The third kappa shape index (κ3) is 5.99. The Balaban J connectivity index is 1.71. The van der Waals surface area contributed by atoms with Gasteiger partial charge >= 0.3 is 0 Å². The number of amides is 1. The van der Waals surface area contributed by atoms with Crippen molar-refractivity contribution in [3.63, 3.8) is 0 Å². The van der Waals surface area contributed by atoms with Gasteiger partial charge in [-0.05, 0) is 62.2 Å². The molecule has 0 fully saturated rings. The summed E-state index contributed by atoms with van der Waals surface area (Å²) in [7, 11) is -1.92. The Kier molecular flexibility index (Phi) is 8.09. The molecule has 0 spiro atoms. The molecule has 4 rings (SSSR count). The summed E-state index contributed by atoms with van der Waals surface area (Å²) in [6.45, 7) is 13.4. The SMILES string of the molecule is C[C@@H](CCC(c1cccc2oc(-c3ccc(Cl)c(Cl)c3)nc12)n1cnc(C(N)=O)c1)O[Si](C)(C)C(C)(C)C. The van der Waals surface area contributed by atoms with Gasteiger partial charge in [0.2, 0.25) is 5.89 Å². The fourth-order valence-electron chi connectivity index (χ4n) is 4.22. The first-order chi connectivity index (χ1) is 17.8. The predicted octanol–water partition coefficient (Wildman–Crippen LogP) is 7.88. The lowest BCUT2D eigenvalue weighted by Gasteiger charge is -2.38. The second-order valence-corrected chi connectivity index (χ2v) is 16.8. The van der Waals surface area contributed by atoms with Crippen LogP contribution in [-0.4, -0.2) is 34.9 Å². The lowest BCUT2D eigenvalue weighted by Crippen LogP contribution is -2.43. The number of aromatic nitrogens is 3. The Hall–Kier alpha value is -2.65. The van der Waals surface area contributed by atoms with E-state index in [2.05, 4.69) is 45.8 Å². The number of nitrogens with two attached hydrogens (primary N) is 1. The minimum absolute atomic E-state index is 0.0563. The molecule has 10 heteroatoms. The average Bonchev–Trinajstić information content (AvgIpc) is 3.48. The van der Waals surface area contributed by atoms with Gasteiger partial charge in [-0.25, -0.2) is 9.97 Å². The van der Waals surface area contributed by atoms with E-state index in [1.165, 1.54) is 0 Å². The van der Waals surface area contributed by atoms with Gasteiger partial charge in [0.05, 0.1) is 22.4 Å². The van der Waals surface area contributed by atoms with Gasteiger partial charge in [-0.15, -0.1) is 0 Å². The predicted molar refractivity (Wildman–Crippen MR) is 155 cm³/mol. The first-order valence-electron chi connectivity index (χ1n) is 12.6. The number of fused-ring (bicyclic) bond motifs is 1. The molecule has 0 saturated carbocycles. The van der Waals surface area contributed by atoms with Crippen molar-refractivity contribution in [1.29, 1.82) is 0 Å². The summed E-state index contributed by atoms with van der Waals surface area (Å²) in [6, 6.07) is 11.0. The van der Waals surface area contributed by atoms with E-state index in [1.807, 2.05) is 28.8 Å². The van der Waals surface area contributed by atoms with Crippen molar-refractivity contribution in [1.82, 2.24) is 14.5 Å². The highest BCUT2D eigenvalue weighted by atomic mass is 35.5. The minimum atomic E-state index is -1.92. The summed E-state index contributed by atoms with van der Waals surface area (Å²) in [5.41, 5.74) is 8.77. The van der Waals surface area contributed by atoms with Crippen LogP contribution in [-0.2, 0) is 4.43 Å². The smallest absolute Gasteiger partial charge is 0.268 e. The number of carbonyl (C=O) groups excluding carboxylic acids is 1. The first kappa shape index (κ1) is 28.4. The van der Waals surface area contributed by atoms with E-state index in [9.17, 15) is 4.79 Å². The van der Waals surface area contributed by atoms with Gasteiger partial charge in [0, 0.05) is 23.4 Å². The molecule has 1 unspecified atom stereocenters. The zero-order chi connectivity index (χ0) is 27.8. The van der Waals surface area contributed by atoms with Crippen molar-refractivity contribution < 1.29 is 13.6 Å². The number of primary amides is 1. The average molecular weight is 574 g/mol. The van der Waals surface area contributed by atoms with Crippen molar-refractivity contribution in [2.75, 3.05) is 0 Å². The van der Waals surface area contributed by atoms with Crippen LogP contribution in [0.5, 0.6) is 0 Å². The molecule has 2 atom stereocenters. The molecule has 38 heavy (non-hydrogen) atoms. The van der Waals surface area contributed by atoms with Gasteiger partial charge in [-0.3, -0.25) is 4.79 Å². The zero-order valence-electron chi connectivity index (χ0n) is 22.6. The van der Waals surface area contributed by atoms with Gasteiger partial charge in [0.25, 0.3) is 5.91 Å². The highest BCUT2D eigenvalue weighted by molar-refractivity contribution is 6.74. The number of hydrogen-bond donors (Lipinski definition) is 1. The lowest BCUT2D eigenvalue weighted by molar-refractivity contribution is 0.0996. The molecule has 0 aliphatic carbocycles. The van der Waals surface area contributed by atoms with Gasteiger partial charge in [0.15, 0.2) is 13.9 Å². The summed E-state index contributed by atoms with van der Waals surface area (Å²) in [5.74, 6) is -0.124. The van der Waals surface area contributed by atoms with Crippen LogP contribution in [0.4, 0.5) is 0 Å². The molecule has 0 bridgehead atoms. The Morgan fingerprint density at radius 2 is 1.89 bits per heavy atom. The van der Waals surface area contributed by atoms with Crippen LogP contribution >= 0.6 is 23.2 Å². The molecular weight excluding hydrogens is 539 g/mol.